The lowest BCUT2D eigenvalue weighted by Gasteiger charge is -2.39. The fraction of sp³-hybridized carbons (Fsp3) is 0.632. The molecule has 0 bridgehead atoms. The second-order valence-electron chi connectivity index (χ2n) is 7.63. The number of aryl methyl sites for hydroxylation is 1. The van der Waals surface area contributed by atoms with Crippen molar-refractivity contribution < 1.29 is 9.59 Å². The minimum Gasteiger partial charge on any atom is -0.383 e. The molecule has 2 atom stereocenters. The van der Waals surface area contributed by atoms with E-state index in [0.29, 0.717) is 13.1 Å². The van der Waals surface area contributed by atoms with Gasteiger partial charge in [-0.25, -0.2) is 0 Å². The first-order chi connectivity index (χ1) is 11.7. The fourth-order valence-electron chi connectivity index (χ4n) is 3.78. The van der Waals surface area contributed by atoms with Gasteiger partial charge in [0, 0.05) is 44.1 Å². The van der Waals surface area contributed by atoms with E-state index in [1.165, 1.54) is 0 Å². The Morgan fingerprint density at radius 2 is 2.00 bits per heavy atom. The molecule has 25 heavy (non-hydrogen) atoms. The van der Waals surface area contributed by atoms with Crippen LogP contribution in [-0.4, -0.2) is 36.9 Å². The van der Waals surface area contributed by atoms with Crippen molar-refractivity contribution in [3.8, 4) is 0 Å². The molecule has 1 aromatic rings. The molecule has 1 saturated carbocycles. The molecular weight excluding hydrogens is 316 g/mol. The highest BCUT2D eigenvalue weighted by molar-refractivity contribution is 5.87. The second kappa shape index (κ2) is 7.42. The summed E-state index contributed by atoms with van der Waals surface area (Å²) in [6.07, 6.45) is 5.02. The van der Waals surface area contributed by atoms with Crippen molar-refractivity contribution >= 4 is 17.5 Å². The Morgan fingerprint density at radius 1 is 1.28 bits per heavy atom. The molecule has 0 saturated heterocycles. The number of hydrogen-bond donors (Lipinski definition) is 3. The lowest BCUT2D eigenvalue weighted by Crippen LogP contribution is -2.49. The zero-order valence-corrected chi connectivity index (χ0v) is 15.9. The summed E-state index contributed by atoms with van der Waals surface area (Å²) in [6, 6.07) is 1.92. The Bertz CT molecular complexity index is 644. The topological polar surface area (TPSA) is 83.1 Å². The van der Waals surface area contributed by atoms with E-state index < -0.39 is 5.41 Å². The van der Waals surface area contributed by atoms with Crippen LogP contribution in [0, 0.1) is 23.7 Å². The summed E-state index contributed by atoms with van der Waals surface area (Å²) in [4.78, 5) is 29.0. The molecule has 0 spiro atoms. The van der Waals surface area contributed by atoms with E-state index in [0.717, 1.165) is 24.1 Å². The lowest BCUT2D eigenvalue weighted by molar-refractivity contribution is -0.138. The molecule has 1 fully saturated rings. The average Bonchev–Trinajstić information content (AvgIpc) is 2.83. The van der Waals surface area contributed by atoms with Crippen molar-refractivity contribution in [2.75, 3.05) is 25.5 Å². The third-order valence-electron chi connectivity index (χ3n) is 6.04. The second-order valence-corrected chi connectivity index (χ2v) is 7.63. The number of anilines is 1. The van der Waals surface area contributed by atoms with Gasteiger partial charge in [0.05, 0.1) is 5.41 Å². The van der Waals surface area contributed by atoms with E-state index in [2.05, 4.69) is 20.9 Å². The minimum absolute atomic E-state index is 0.0244. The van der Waals surface area contributed by atoms with Crippen molar-refractivity contribution in [2.45, 2.75) is 40.5 Å². The average molecular weight is 346 g/mol. The maximum atomic E-state index is 12.8. The van der Waals surface area contributed by atoms with Gasteiger partial charge in [-0.1, -0.05) is 20.8 Å². The Morgan fingerprint density at radius 3 is 2.64 bits per heavy atom. The van der Waals surface area contributed by atoms with Gasteiger partial charge < -0.3 is 16.0 Å². The van der Waals surface area contributed by atoms with E-state index in [-0.39, 0.29) is 23.1 Å². The van der Waals surface area contributed by atoms with E-state index in [4.69, 9.17) is 0 Å². The molecule has 1 aliphatic rings. The standard InChI is InChI=1S/C19H30N4O2/c1-13-12-21-9-7-15(13)22-10-11-23-17(25)19(4)8-6-14(16(24)20-5)18(19,2)3/h7,9,12,14H,6,8,10-11H2,1-5H3,(H,20,24)(H,21,22)(H,23,25)/t14-,19+/m1/s1. The zero-order valence-electron chi connectivity index (χ0n) is 15.9. The molecule has 0 aliphatic heterocycles. The van der Waals surface area contributed by atoms with E-state index in [9.17, 15) is 9.59 Å². The predicted molar refractivity (Wildman–Crippen MR) is 99.2 cm³/mol. The van der Waals surface area contributed by atoms with Crippen LogP contribution in [0.2, 0.25) is 0 Å². The highest BCUT2D eigenvalue weighted by Gasteiger charge is 2.57. The Labute approximate surface area is 150 Å². The first kappa shape index (κ1) is 19.2. The summed E-state index contributed by atoms with van der Waals surface area (Å²) in [7, 11) is 1.65. The highest BCUT2D eigenvalue weighted by atomic mass is 16.2. The lowest BCUT2D eigenvalue weighted by atomic mass is 9.65. The van der Waals surface area contributed by atoms with Crippen LogP contribution in [0.5, 0.6) is 0 Å². The molecule has 1 aromatic heterocycles. The van der Waals surface area contributed by atoms with Crippen LogP contribution >= 0.6 is 0 Å². The zero-order chi connectivity index (χ0) is 18.7. The van der Waals surface area contributed by atoms with Crippen molar-refractivity contribution in [3.63, 3.8) is 0 Å². The molecule has 1 heterocycles. The summed E-state index contributed by atoms with van der Waals surface area (Å²) in [6.45, 7) is 9.21. The fourth-order valence-corrected chi connectivity index (χ4v) is 3.78. The van der Waals surface area contributed by atoms with Gasteiger partial charge in [-0.3, -0.25) is 14.6 Å². The van der Waals surface area contributed by atoms with Crippen molar-refractivity contribution in [1.29, 1.82) is 0 Å². The third kappa shape index (κ3) is 3.62. The van der Waals surface area contributed by atoms with Crippen LogP contribution in [0.4, 0.5) is 5.69 Å². The number of nitrogens with one attached hydrogen (secondary N) is 3. The quantitative estimate of drug-likeness (QED) is 0.689. The number of nitrogens with zero attached hydrogens (tertiary/aromatic N) is 1. The monoisotopic (exact) mass is 346 g/mol. The molecule has 0 unspecified atom stereocenters. The maximum absolute atomic E-state index is 12.8. The number of aromatic nitrogens is 1. The van der Waals surface area contributed by atoms with Crippen LogP contribution in [0.1, 0.15) is 39.2 Å². The van der Waals surface area contributed by atoms with Crippen LogP contribution in [0.25, 0.3) is 0 Å². The Hall–Kier alpha value is -2.11. The number of carbonyl (C=O) groups excluding carboxylic acids is 2. The number of carbonyl (C=O) groups is 2. The van der Waals surface area contributed by atoms with Gasteiger partial charge in [-0.05, 0) is 36.8 Å². The van der Waals surface area contributed by atoms with Crippen molar-refractivity contribution in [3.05, 3.63) is 24.0 Å². The highest BCUT2D eigenvalue weighted by Crippen LogP contribution is 2.56. The van der Waals surface area contributed by atoms with Gasteiger partial charge >= 0.3 is 0 Å². The maximum Gasteiger partial charge on any atom is 0.226 e. The van der Waals surface area contributed by atoms with Crippen molar-refractivity contribution in [2.24, 2.45) is 16.7 Å². The predicted octanol–water partition coefficient (Wildman–Crippen LogP) is 2.11. The summed E-state index contributed by atoms with van der Waals surface area (Å²) in [5.41, 5.74) is 1.17. The van der Waals surface area contributed by atoms with Crippen LogP contribution in [-0.2, 0) is 9.59 Å². The first-order valence-corrected chi connectivity index (χ1v) is 8.88. The Balaban J connectivity index is 1.92. The van der Waals surface area contributed by atoms with Crippen LogP contribution in [0.3, 0.4) is 0 Å². The van der Waals surface area contributed by atoms with Gasteiger partial charge in [0.25, 0.3) is 0 Å². The largest absolute Gasteiger partial charge is 0.383 e. The van der Waals surface area contributed by atoms with Gasteiger partial charge in [0.15, 0.2) is 0 Å². The smallest absolute Gasteiger partial charge is 0.226 e. The molecule has 138 valence electrons. The Kier molecular flexibility index (Phi) is 5.70. The minimum atomic E-state index is -0.545. The molecule has 2 rings (SSSR count). The van der Waals surface area contributed by atoms with Crippen LogP contribution < -0.4 is 16.0 Å². The van der Waals surface area contributed by atoms with Crippen LogP contribution in [0.15, 0.2) is 18.5 Å². The molecule has 0 aromatic carbocycles. The molecular formula is C19H30N4O2. The number of hydrogen-bond acceptors (Lipinski definition) is 4. The molecule has 2 amide bonds. The normalized spacial score (nSPS) is 24.6. The molecule has 6 nitrogen and oxygen atoms in total. The van der Waals surface area contributed by atoms with Gasteiger partial charge in [0.2, 0.25) is 11.8 Å². The van der Waals surface area contributed by atoms with E-state index >= 15 is 0 Å². The SMILES string of the molecule is CNC(=O)[C@H]1CC[C@@](C)(C(=O)NCCNc2ccncc2C)C1(C)C. The summed E-state index contributed by atoms with van der Waals surface area (Å²) < 4.78 is 0. The number of pyridine rings is 1. The number of amides is 2. The molecule has 6 heteroatoms. The summed E-state index contributed by atoms with van der Waals surface area (Å²) >= 11 is 0. The van der Waals surface area contributed by atoms with Gasteiger partial charge in [-0.2, -0.15) is 0 Å². The summed E-state index contributed by atoms with van der Waals surface area (Å²) in [5, 5.41) is 9.08. The molecule has 0 radical (unpaired) electrons. The number of rotatable bonds is 6. The van der Waals surface area contributed by atoms with E-state index in [1.807, 2.05) is 40.0 Å². The molecule has 3 N–H and O–H groups in total. The van der Waals surface area contributed by atoms with Crippen molar-refractivity contribution in [1.82, 2.24) is 15.6 Å². The van der Waals surface area contributed by atoms with Gasteiger partial charge in [0.1, 0.15) is 0 Å². The first-order valence-electron chi connectivity index (χ1n) is 8.88. The van der Waals surface area contributed by atoms with Gasteiger partial charge in [-0.15, -0.1) is 0 Å². The third-order valence-corrected chi connectivity index (χ3v) is 6.04. The summed E-state index contributed by atoms with van der Waals surface area (Å²) in [5.74, 6) is -0.0839. The molecule has 1 aliphatic carbocycles. The van der Waals surface area contributed by atoms with E-state index in [1.54, 1.807) is 13.2 Å².